The van der Waals surface area contributed by atoms with Crippen molar-refractivity contribution in [2.45, 2.75) is 45.1 Å². The highest BCUT2D eigenvalue weighted by Crippen LogP contribution is 2.22. The van der Waals surface area contributed by atoms with Gasteiger partial charge in [-0.1, -0.05) is 74.5 Å². The van der Waals surface area contributed by atoms with E-state index in [1.54, 1.807) is 38.1 Å². The third-order valence-electron chi connectivity index (χ3n) is 6.09. The Labute approximate surface area is 227 Å². The third kappa shape index (κ3) is 8.91. The fraction of sp³-hybridized carbons (Fsp3) is 0.370. The maximum absolute atomic E-state index is 13.1. The minimum atomic E-state index is -3.68. The number of aromatic nitrogens is 1. The number of hydrogen-bond acceptors (Lipinski definition) is 8. The van der Waals surface area contributed by atoms with Crippen LogP contribution >= 0.6 is 0 Å². The Morgan fingerprint density at radius 3 is 2.10 bits per heavy atom. The van der Waals surface area contributed by atoms with Gasteiger partial charge < -0.3 is 25.3 Å². The Morgan fingerprint density at radius 2 is 1.54 bits per heavy atom. The number of aliphatic hydroxyl groups is 2. The zero-order chi connectivity index (χ0) is 28.6. The van der Waals surface area contributed by atoms with Crippen LogP contribution in [0.2, 0.25) is 0 Å². The molecule has 1 heterocycles. The van der Waals surface area contributed by atoms with E-state index in [0.717, 1.165) is 23.6 Å². The Bertz CT molecular complexity index is 1330. The van der Waals surface area contributed by atoms with Gasteiger partial charge in [-0.15, -0.1) is 0 Å². The fourth-order valence-corrected chi connectivity index (χ4v) is 4.57. The number of sulfonamides is 1. The SMILES string of the molecule is CC(C)[C@@H](C(=O)NCc1ccccc1)[C@@H](O)[C@H](O)[C@H](Cc1ccccc1)NC(=O)c1coc(NS(C)(=O)=O)n1. The van der Waals surface area contributed by atoms with Crippen LogP contribution in [0.1, 0.15) is 35.5 Å². The zero-order valence-electron chi connectivity index (χ0n) is 21.9. The molecule has 0 aliphatic carbocycles. The van der Waals surface area contributed by atoms with Gasteiger partial charge in [0, 0.05) is 6.54 Å². The average Bonchev–Trinajstić information content (AvgIpc) is 3.34. The number of nitrogens with one attached hydrogen (secondary N) is 3. The van der Waals surface area contributed by atoms with Crippen molar-refractivity contribution in [2.75, 3.05) is 11.0 Å². The first-order chi connectivity index (χ1) is 18.4. The highest BCUT2D eigenvalue weighted by atomic mass is 32.2. The lowest BCUT2D eigenvalue weighted by Gasteiger charge is -2.33. The molecular weight excluding hydrogens is 524 g/mol. The largest absolute Gasteiger partial charge is 0.431 e. The lowest BCUT2D eigenvalue weighted by Crippen LogP contribution is -2.55. The molecule has 0 radical (unpaired) electrons. The van der Waals surface area contributed by atoms with Gasteiger partial charge in [0.25, 0.3) is 5.91 Å². The lowest BCUT2D eigenvalue weighted by atomic mass is 9.83. The van der Waals surface area contributed by atoms with Crippen LogP contribution in [0.25, 0.3) is 0 Å². The van der Waals surface area contributed by atoms with Crippen LogP contribution in [0.5, 0.6) is 0 Å². The molecular formula is C27H34N4O7S. The molecule has 0 saturated carbocycles. The van der Waals surface area contributed by atoms with Crippen LogP contribution in [0, 0.1) is 11.8 Å². The van der Waals surface area contributed by atoms with Crippen molar-refractivity contribution in [3.05, 3.63) is 83.7 Å². The lowest BCUT2D eigenvalue weighted by molar-refractivity contribution is -0.135. The molecule has 0 fully saturated rings. The minimum absolute atomic E-state index is 0.132. The van der Waals surface area contributed by atoms with Crippen LogP contribution in [-0.2, 0) is 27.8 Å². The summed E-state index contributed by atoms with van der Waals surface area (Å²) in [6.07, 6.45) is -1.04. The molecule has 2 amide bonds. The van der Waals surface area contributed by atoms with Crippen LogP contribution in [0.3, 0.4) is 0 Å². The summed E-state index contributed by atoms with van der Waals surface area (Å²) in [5.41, 5.74) is 1.42. The van der Waals surface area contributed by atoms with E-state index in [0.29, 0.717) is 0 Å². The Hall–Kier alpha value is -3.74. The molecule has 210 valence electrons. The molecule has 4 atom stereocenters. The number of aliphatic hydroxyl groups excluding tert-OH is 2. The van der Waals surface area contributed by atoms with E-state index >= 15 is 0 Å². The topological polar surface area (TPSA) is 171 Å². The smallest absolute Gasteiger partial charge is 0.309 e. The van der Waals surface area contributed by atoms with Gasteiger partial charge in [0.1, 0.15) is 12.4 Å². The molecule has 3 aromatic rings. The molecule has 0 aliphatic rings. The maximum Gasteiger partial charge on any atom is 0.309 e. The van der Waals surface area contributed by atoms with Gasteiger partial charge in [-0.3, -0.25) is 9.59 Å². The van der Waals surface area contributed by atoms with Crippen molar-refractivity contribution in [2.24, 2.45) is 11.8 Å². The van der Waals surface area contributed by atoms with Crippen LogP contribution in [0.4, 0.5) is 6.01 Å². The van der Waals surface area contributed by atoms with Crippen molar-refractivity contribution in [1.82, 2.24) is 15.6 Å². The Balaban J connectivity index is 1.79. The predicted molar refractivity (Wildman–Crippen MR) is 145 cm³/mol. The van der Waals surface area contributed by atoms with Crippen molar-refractivity contribution < 1.29 is 32.6 Å². The molecule has 3 rings (SSSR count). The molecule has 5 N–H and O–H groups in total. The van der Waals surface area contributed by atoms with E-state index in [1.807, 2.05) is 41.1 Å². The Morgan fingerprint density at radius 1 is 0.949 bits per heavy atom. The molecule has 12 heteroatoms. The summed E-state index contributed by atoms with van der Waals surface area (Å²) in [4.78, 5) is 29.9. The number of hydrogen-bond donors (Lipinski definition) is 5. The Kier molecular flexibility index (Phi) is 10.2. The van der Waals surface area contributed by atoms with Crippen molar-refractivity contribution in [1.29, 1.82) is 0 Å². The first-order valence-electron chi connectivity index (χ1n) is 12.4. The zero-order valence-corrected chi connectivity index (χ0v) is 22.8. The fourth-order valence-electron chi connectivity index (χ4n) is 4.16. The summed E-state index contributed by atoms with van der Waals surface area (Å²) in [7, 11) is -3.68. The summed E-state index contributed by atoms with van der Waals surface area (Å²) < 4.78 is 29.9. The highest BCUT2D eigenvalue weighted by molar-refractivity contribution is 7.91. The first kappa shape index (κ1) is 29.8. The number of oxazole rings is 1. The number of anilines is 1. The number of nitrogens with zero attached hydrogens (tertiary/aromatic N) is 1. The van der Waals surface area contributed by atoms with E-state index in [-0.39, 0.29) is 24.6 Å². The number of carbonyl (C=O) groups excluding carboxylic acids is 2. The van der Waals surface area contributed by atoms with Crippen molar-refractivity contribution in [3.8, 4) is 0 Å². The number of amides is 2. The maximum atomic E-state index is 13.1. The van der Waals surface area contributed by atoms with Gasteiger partial charge in [0.2, 0.25) is 15.9 Å². The molecule has 0 bridgehead atoms. The molecule has 0 saturated heterocycles. The summed E-state index contributed by atoms with van der Waals surface area (Å²) >= 11 is 0. The average molecular weight is 559 g/mol. The third-order valence-corrected chi connectivity index (χ3v) is 6.63. The molecule has 2 aromatic carbocycles. The molecule has 0 spiro atoms. The second-order valence-electron chi connectivity index (χ2n) is 9.64. The van der Waals surface area contributed by atoms with Crippen LogP contribution in [0.15, 0.2) is 71.3 Å². The summed E-state index contributed by atoms with van der Waals surface area (Å²) in [5, 5.41) is 27.9. The molecule has 11 nitrogen and oxygen atoms in total. The predicted octanol–water partition coefficient (Wildman–Crippen LogP) is 1.70. The summed E-state index contributed by atoms with van der Waals surface area (Å²) in [6, 6.07) is 16.9. The summed E-state index contributed by atoms with van der Waals surface area (Å²) in [6.45, 7) is 3.78. The van der Waals surface area contributed by atoms with Gasteiger partial charge >= 0.3 is 6.01 Å². The normalized spacial score (nSPS) is 14.7. The number of benzene rings is 2. The first-order valence-corrected chi connectivity index (χ1v) is 14.3. The monoisotopic (exact) mass is 558 g/mol. The van der Waals surface area contributed by atoms with Crippen LogP contribution < -0.4 is 15.4 Å². The summed E-state index contributed by atoms with van der Waals surface area (Å²) in [5.74, 6) is -2.50. The number of rotatable bonds is 13. The van der Waals surface area contributed by atoms with E-state index in [1.165, 1.54) is 0 Å². The second-order valence-corrected chi connectivity index (χ2v) is 11.4. The standard InChI is InChI=1S/C27H34N4O7S/c1-17(2)22(26(35)28-15-19-12-8-5-9-13-19)24(33)23(32)20(14-18-10-6-4-7-11-18)29-25(34)21-16-38-27(30-21)31-39(3,36)37/h4-13,16-17,20,22-24,32-33H,14-15H2,1-3H3,(H,28,35)(H,29,34)(H,30,31)/t20-,22+,23+,24+/m0/s1. The quantitative estimate of drug-likeness (QED) is 0.211. The van der Waals surface area contributed by atoms with Gasteiger partial charge in [-0.05, 0) is 23.5 Å². The van der Waals surface area contributed by atoms with Crippen molar-refractivity contribution >= 4 is 27.9 Å². The highest BCUT2D eigenvalue weighted by Gasteiger charge is 2.38. The van der Waals surface area contributed by atoms with Gasteiger partial charge in [-0.25, -0.2) is 13.1 Å². The molecule has 0 unspecified atom stereocenters. The van der Waals surface area contributed by atoms with Crippen LogP contribution in [-0.4, -0.2) is 59.9 Å². The minimum Gasteiger partial charge on any atom is -0.431 e. The van der Waals surface area contributed by atoms with E-state index in [4.69, 9.17) is 4.42 Å². The second kappa shape index (κ2) is 13.4. The van der Waals surface area contributed by atoms with Gasteiger partial charge in [-0.2, -0.15) is 4.98 Å². The molecule has 39 heavy (non-hydrogen) atoms. The van der Waals surface area contributed by atoms with E-state index in [2.05, 4.69) is 15.6 Å². The molecule has 0 aliphatic heterocycles. The van der Waals surface area contributed by atoms with E-state index < -0.39 is 52.0 Å². The van der Waals surface area contributed by atoms with E-state index in [9.17, 15) is 28.2 Å². The van der Waals surface area contributed by atoms with Crippen molar-refractivity contribution in [3.63, 3.8) is 0 Å². The number of carbonyl (C=O) groups is 2. The van der Waals surface area contributed by atoms with Gasteiger partial charge in [0.05, 0.1) is 24.3 Å². The molecule has 1 aromatic heterocycles. The van der Waals surface area contributed by atoms with Gasteiger partial charge in [0.15, 0.2) is 5.69 Å².